The smallest absolute Gasteiger partial charge is 0.244 e. The zero-order valence-electron chi connectivity index (χ0n) is 22.3. The molecule has 0 radical (unpaired) electrons. The number of morpholine rings is 1. The third-order valence-electron chi connectivity index (χ3n) is 7.56. The van der Waals surface area contributed by atoms with Gasteiger partial charge >= 0.3 is 0 Å². The fourth-order valence-corrected chi connectivity index (χ4v) is 5.56. The molecule has 2 aromatic heterocycles. The molecular formula is C28H36ClN5O4. The summed E-state index contributed by atoms with van der Waals surface area (Å²) in [7, 11) is 0. The number of halogens is 1. The minimum Gasteiger partial charge on any atom is -0.381 e. The number of benzene rings is 1. The Bertz CT molecular complexity index is 1330. The highest BCUT2D eigenvalue weighted by molar-refractivity contribution is 6.33. The van der Waals surface area contributed by atoms with Crippen LogP contribution in [0.3, 0.4) is 0 Å². The zero-order chi connectivity index (χ0) is 27.0. The number of fused-ring (bicyclic) bond motifs is 3. The molecule has 0 aliphatic carbocycles. The fourth-order valence-electron chi connectivity index (χ4n) is 5.34. The number of pyridine rings is 1. The molecule has 2 amide bonds. The fraction of sp³-hybridized carbons (Fsp3) is 0.536. The molecule has 3 atom stereocenters. The largest absolute Gasteiger partial charge is 0.381 e. The van der Waals surface area contributed by atoms with Crippen molar-refractivity contribution < 1.29 is 19.1 Å². The quantitative estimate of drug-likeness (QED) is 0.418. The van der Waals surface area contributed by atoms with Crippen LogP contribution in [0.1, 0.15) is 34.1 Å². The van der Waals surface area contributed by atoms with Crippen LogP contribution in [0.15, 0.2) is 30.6 Å². The van der Waals surface area contributed by atoms with Crippen LogP contribution in [0, 0.1) is 11.8 Å². The molecule has 0 bridgehead atoms. The first-order valence-electron chi connectivity index (χ1n) is 13.2. The Morgan fingerprint density at radius 2 is 2.05 bits per heavy atom. The van der Waals surface area contributed by atoms with Gasteiger partial charge in [-0.25, -0.2) is 0 Å². The van der Waals surface area contributed by atoms with Crippen molar-refractivity contribution >= 4 is 50.9 Å². The molecule has 4 heterocycles. The molecule has 2 fully saturated rings. The van der Waals surface area contributed by atoms with Crippen molar-refractivity contribution in [1.82, 2.24) is 20.2 Å². The lowest BCUT2D eigenvalue weighted by Crippen LogP contribution is -2.61. The third-order valence-corrected chi connectivity index (χ3v) is 7.77. The van der Waals surface area contributed by atoms with E-state index in [1.54, 1.807) is 18.5 Å². The number of H-pyrrole nitrogens is 1. The summed E-state index contributed by atoms with van der Waals surface area (Å²) < 4.78 is 11.5. The van der Waals surface area contributed by atoms with Gasteiger partial charge in [-0.15, -0.1) is 0 Å². The Morgan fingerprint density at radius 3 is 2.79 bits per heavy atom. The Morgan fingerprint density at radius 1 is 1.24 bits per heavy atom. The monoisotopic (exact) mass is 541 g/mol. The molecule has 0 spiro atoms. The van der Waals surface area contributed by atoms with Crippen LogP contribution >= 0.6 is 11.6 Å². The number of amides is 2. The summed E-state index contributed by atoms with van der Waals surface area (Å²) in [6.07, 6.45) is 4.23. The summed E-state index contributed by atoms with van der Waals surface area (Å²) in [5.74, 6) is -0.0973. The first-order chi connectivity index (χ1) is 18.1. The van der Waals surface area contributed by atoms with E-state index in [1.807, 2.05) is 26.0 Å². The lowest BCUT2D eigenvalue weighted by Gasteiger charge is -2.44. The van der Waals surface area contributed by atoms with Crippen molar-refractivity contribution in [1.29, 1.82) is 0 Å². The van der Waals surface area contributed by atoms with Crippen LogP contribution in [0.4, 0.5) is 5.69 Å². The van der Waals surface area contributed by atoms with Crippen LogP contribution in [0.25, 0.3) is 21.8 Å². The van der Waals surface area contributed by atoms with E-state index in [4.69, 9.17) is 21.1 Å². The molecule has 3 aromatic rings. The van der Waals surface area contributed by atoms with Crippen molar-refractivity contribution in [2.45, 2.75) is 51.8 Å². The zero-order valence-corrected chi connectivity index (χ0v) is 23.1. The molecule has 9 nitrogen and oxygen atoms in total. The van der Waals surface area contributed by atoms with E-state index in [0.717, 1.165) is 28.2 Å². The van der Waals surface area contributed by atoms with Gasteiger partial charge in [-0.05, 0) is 44.4 Å². The second-order valence-electron chi connectivity index (χ2n) is 11.3. The highest BCUT2D eigenvalue weighted by Crippen LogP contribution is 2.33. The molecule has 38 heavy (non-hydrogen) atoms. The molecule has 2 aliphatic heterocycles. The summed E-state index contributed by atoms with van der Waals surface area (Å²) in [5.41, 5.74) is 1.84. The Balaban J connectivity index is 1.38. The van der Waals surface area contributed by atoms with Crippen LogP contribution in [-0.2, 0) is 19.1 Å². The van der Waals surface area contributed by atoms with Gasteiger partial charge in [0.2, 0.25) is 11.8 Å². The number of hydrogen-bond donors (Lipinski definition) is 3. The lowest BCUT2D eigenvalue weighted by atomic mass is 9.98. The second kappa shape index (κ2) is 10.8. The maximum atomic E-state index is 13.7. The molecular weight excluding hydrogens is 506 g/mol. The summed E-state index contributed by atoms with van der Waals surface area (Å²) in [6, 6.07) is 4.91. The van der Waals surface area contributed by atoms with E-state index in [9.17, 15) is 9.59 Å². The number of carbonyl (C=O) groups is 2. The first-order valence-corrected chi connectivity index (χ1v) is 13.6. The number of nitrogens with one attached hydrogen (secondary N) is 3. The number of aromatic amines is 1. The van der Waals surface area contributed by atoms with Crippen LogP contribution < -0.4 is 10.6 Å². The topological polar surface area (TPSA) is 109 Å². The minimum atomic E-state index is -0.531. The standard InChI is InChI=1S/C28H36ClN5O4/c1-16(2)23(33-26(35)17-6-8-37-13-17)12-34-15-28(3,4)38-14-24(34)27(36)32-21-10-18(29)9-20-19-5-7-30-11-22(19)31-25(20)21/h5,7,9-11,16-17,23-24,31H,6,8,12-15H2,1-4H3,(H,32,36)(H,33,35)/t17?,23-,24+/m1/s1. The Kier molecular flexibility index (Phi) is 7.64. The first kappa shape index (κ1) is 26.9. The van der Waals surface area contributed by atoms with Crippen LogP contribution in [0.2, 0.25) is 5.02 Å². The number of hydrogen-bond acceptors (Lipinski definition) is 6. The summed E-state index contributed by atoms with van der Waals surface area (Å²) in [5, 5.41) is 8.76. The predicted octanol–water partition coefficient (Wildman–Crippen LogP) is 3.96. The van der Waals surface area contributed by atoms with Gasteiger partial charge in [0.1, 0.15) is 6.04 Å². The number of aromatic nitrogens is 2. The van der Waals surface area contributed by atoms with Gasteiger partial charge in [-0.3, -0.25) is 19.5 Å². The van der Waals surface area contributed by atoms with E-state index in [0.29, 0.717) is 37.0 Å². The average Bonchev–Trinajstić information content (AvgIpc) is 3.52. The van der Waals surface area contributed by atoms with Crippen molar-refractivity contribution in [2.24, 2.45) is 11.8 Å². The second-order valence-corrected chi connectivity index (χ2v) is 11.8. The van der Waals surface area contributed by atoms with Crippen molar-refractivity contribution in [3.63, 3.8) is 0 Å². The molecule has 2 saturated heterocycles. The summed E-state index contributed by atoms with van der Waals surface area (Å²) in [6.45, 7) is 10.6. The van der Waals surface area contributed by atoms with Gasteiger partial charge in [0.15, 0.2) is 0 Å². The number of rotatable bonds is 7. The highest BCUT2D eigenvalue weighted by Gasteiger charge is 2.39. The maximum absolute atomic E-state index is 13.7. The normalized spacial score (nSPS) is 22.7. The highest BCUT2D eigenvalue weighted by atomic mass is 35.5. The minimum absolute atomic E-state index is 0.0179. The lowest BCUT2D eigenvalue weighted by molar-refractivity contribution is -0.144. The van der Waals surface area contributed by atoms with Crippen molar-refractivity contribution in [2.75, 3.05) is 38.2 Å². The molecule has 10 heteroatoms. The summed E-state index contributed by atoms with van der Waals surface area (Å²) >= 11 is 6.46. The third kappa shape index (κ3) is 5.66. The van der Waals surface area contributed by atoms with Gasteiger partial charge in [-0.2, -0.15) is 0 Å². The van der Waals surface area contributed by atoms with Crippen molar-refractivity contribution in [3.05, 3.63) is 35.6 Å². The number of nitrogens with zero attached hydrogens (tertiary/aromatic N) is 2. The molecule has 1 unspecified atom stereocenters. The molecule has 2 aliphatic rings. The number of anilines is 1. The Hall–Kier alpha value is -2.72. The molecule has 0 saturated carbocycles. The molecule has 204 valence electrons. The van der Waals surface area contributed by atoms with Crippen LogP contribution in [0.5, 0.6) is 0 Å². The van der Waals surface area contributed by atoms with Gasteiger partial charge in [-0.1, -0.05) is 25.4 Å². The number of carbonyl (C=O) groups excluding carboxylic acids is 2. The molecule has 1 aromatic carbocycles. The van der Waals surface area contributed by atoms with Gasteiger partial charge < -0.3 is 25.1 Å². The van der Waals surface area contributed by atoms with Gasteiger partial charge in [0.05, 0.1) is 47.7 Å². The predicted molar refractivity (Wildman–Crippen MR) is 148 cm³/mol. The van der Waals surface area contributed by atoms with Crippen LogP contribution in [-0.4, -0.2) is 77.3 Å². The maximum Gasteiger partial charge on any atom is 0.244 e. The van der Waals surface area contributed by atoms with E-state index >= 15 is 0 Å². The molecule has 5 rings (SSSR count). The summed E-state index contributed by atoms with van der Waals surface area (Å²) in [4.78, 5) is 36.3. The SMILES string of the molecule is CC(C)[C@@H](CN1CC(C)(C)OC[C@H]1C(=O)Nc1cc(Cl)cc2c1[nH]c1cnccc12)NC(=O)C1CCOC1. The Labute approximate surface area is 227 Å². The van der Waals surface area contributed by atoms with E-state index in [-0.39, 0.29) is 36.3 Å². The molecule has 3 N–H and O–H groups in total. The van der Waals surface area contributed by atoms with E-state index in [2.05, 4.69) is 39.3 Å². The van der Waals surface area contributed by atoms with Gasteiger partial charge in [0, 0.05) is 47.7 Å². The van der Waals surface area contributed by atoms with Gasteiger partial charge in [0.25, 0.3) is 0 Å². The van der Waals surface area contributed by atoms with E-state index < -0.39 is 11.6 Å². The average molecular weight is 542 g/mol. The number of ether oxygens (including phenoxy) is 2. The van der Waals surface area contributed by atoms with Crippen molar-refractivity contribution in [3.8, 4) is 0 Å². The van der Waals surface area contributed by atoms with E-state index in [1.165, 1.54) is 0 Å².